The van der Waals surface area contributed by atoms with Crippen LogP contribution in [0.25, 0.3) is 0 Å². The normalized spacial score (nSPS) is 31.3. The molecular weight excluding hydrogens is 493 g/mol. The molecule has 0 aromatic heterocycles. The van der Waals surface area contributed by atoms with E-state index in [9.17, 15) is 4.79 Å². The average molecular weight is 551 g/mol. The molecule has 0 aromatic rings. The maximum absolute atomic E-state index is 12.8. The maximum atomic E-state index is 12.8. The minimum absolute atomic E-state index is 0.132. The Bertz CT molecular complexity index is 816. The van der Waals surface area contributed by atoms with Crippen molar-refractivity contribution < 1.29 is 18.4 Å². The van der Waals surface area contributed by atoms with Crippen LogP contribution in [0.5, 0.6) is 0 Å². The number of carbonyl (C=O) groups excluding carboxylic acids is 1. The van der Waals surface area contributed by atoms with Crippen molar-refractivity contribution in [3.63, 3.8) is 0 Å². The number of methoxy groups -OCH3 is 1. The first-order valence-corrected chi connectivity index (χ1v) is 20.9. The molecule has 3 fully saturated rings. The minimum atomic E-state index is -1.95. The van der Waals surface area contributed by atoms with E-state index in [1.54, 1.807) is 7.11 Å². The fourth-order valence-corrected chi connectivity index (χ4v) is 8.91. The van der Waals surface area contributed by atoms with Crippen molar-refractivity contribution in [2.24, 2.45) is 17.8 Å². The van der Waals surface area contributed by atoms with Crippen LogP contribution in [0.4, 0.5) is 0 Å². The van der Waals surface area contributed by atoms with E-state index in [1.165, 1.54) is 32.1 Å². The predicted octanol–water partition coefficient (Wildman–Crippen LogP) is 8.68. The highest BCUT2D eigenvalue weighted by Crippen LogP contribution is 2.53. The zero-order chi connectivity index (χ0) is 27.9. The first kappa shape index (κ1) is 31.3. The Morgan fingerprint density at radius 1 is 0.946 bits per heavy atom. The molecular formula is C31H58O4Si2. The zero-order valence-corrected chi connectivity index (χ0v) is 28.0. The van der Waals surface area contributed by atoms with Gasteiger partial charge in [0.1, 0.15) is 5.60 Å². The number of ether oxygens (including phenoxy) is 1. The monoisotopic (exact) mass is 550 g/mol. The molecule has 0 radical (unpaired) electrons. The van der Waals surface area contributed by atoms with Crippen LogP contribution in [0.15, 0.2) is 12.2 Å². The summed E-state index contributed by atoms with van der Waals surface area (Å²) in [6, 6.07) is 0. The molecule has 0 heterocycles. The molecule has 3 rings (SSSR count). The average Bonchev–Trinajstić information content (AvgIpc) is 2.77. The summed E-state index contributed by atoms with van der Waals surface area (Å²) in [7, 11) is -2.15. The highest BCUT2D eigenvalue weighted by atomic mass is 28.4. The highest BCUT2D eigenvalue weighted by molar-refractivity contribution is 6.74. The summed E-state index contributed by atoms with van der Waals surface area (Å²) in [6.45, 7) is 23.4. The van der Waals surface area contributed by atoms with Gasteiger partial charge in [0.05, 0.1) is 12.2 Å². The Morgan fingerprint density at radius 2 is 1.54 bits per heavy atom. The Labute approximate surface area is 230 Å². The van der Waals surface area contributed by atoms with Gasteiger partial charge in [-0.05, 0) is 61.4 Å². The van der Waals surface area contributed by atoms with Gasteiger partial charge in [-0.25, -0.2) is 0 Å². The van der Waals surface area contributed by atoms with Crippen LogP contribution in [0.2, 0.25) is 36.3 Å². The summed E-state index contributed by atoms with van der Waals surface area (Å²) in [5.74, 6) is 1.42. The van der Waals surface area contributed by atoms with Gasteiger partial charge < -0.3 is 13.6 Å². The Kier molecular flexibility index (Phi) is 9.55. The molecule has 0 aromatic carbocycles. The van der Waals surface area contributed by atoms with Crippen molar-refractivity contribution in [3.8, 4) is 0 Å². The summed E-state index contributed by atoms with van der Waals surface area (Å²) in [5.41, 5.74) is -0.610. The molecule has 3 saturated carbocycles. The molecule has 37 heavy (non-hydrogen) atoms. The fraction of sp³-hybridized carbons (Fsp3) is 0.903. The largest absolute Gasteiger partial charge is 0.413 e. The van der Waals surface area contributed by atoms with Gasteiger partial charge in [-0.3, -0.25) is 4.79 Å². The Balaban J connectivity index is 1.90. The molecule has 214 valence electrons. The van der Waals surface area contributed by atoms with Crippen LogP contribution in [-0.4, -0.2) is 47.3 Å². The topological polar surface area (TPSA) is 44.8 Å². The van der Waals surface area contributed by atoms with E-state index in [1.807, 2.05) is 0 Å². The third-order valence-corrected chi connectivity index (χ3v) is 19.9. The maximum Gasteiger partial charge on any atom is 0.192 e. The van der Waals surface area contributed by atoms with Crippen molar-refractivity contribution in [3.05, 3.63) is 12.2 Å². The van der Waals surface area contributed by atoms with E-state index in [0.29, 0.717) is 6.42 Å². The molecule has 0 unspecified atom stereocenters. The SMILES string of the molecule is CO[C@@]12CC[C@H](O[Si](C)(C)C(C)(C)C)[C@@H](C=C[C@@H](CC3CCCCC3)O[Si](C)(C)C(C)(C)C)[C@@H]1CC2=O. The van der Waals surface area contributed by atoms with E-state index >= 15 is 0 Å². The van der Waals surface area contributed by atoms with Gasteiger partial charge in [0.2, 0.25) is 0 Å². The molecule has 0 bridgehead atoms. The molecule has 0 amide bonds. The first-order chi connectivity index (χ1) is 16.9. The van der Waals surface area contributed by atoms with Crippen molar-refractivity contribution in [2.45, 2.75) is 153 Å². The summed E-state index contributed by atoms with van der Waals surface area (Å²) in [4.78, 5) is 12.8. The lowest BCUT2D eigenvalue weighted by Crippen LogP contribution is -2.65. The summed E-state index contributed by atoms with van der Waals surface area (Å²) in [6.07, 6.45) is 15.2. The standard InChI is InChI=1S/C31H58O4Si2/c1-29(2,3)36(8,9)34-24(21-23-15-13-12-14-16-23)17-18-25-26-22-28(32)31(26,33-7)20-19-27(25)35-37(10,11)30(4,5)6/h17-18,23-27H,12-16,19-22H2,1-11H3/t24-,25-,26-,27-,31-/m0/s1. The lowest BCUT2D eigenvalue weighted by atomic mass is 9.55. The van der Waals surface area contributed by atoms with Gasteiger partial charge in [-0.1, -0.05) is 85.8 Å². The quantitative estimate of drug-likeness (QED) is 0.213. The van der Waals surface area contributed by atoms with Crippen molar-refractivity contribution in [1.82, 2.24) is 0 Å². The van der Waals surface area contributed by atoms with E-state index in [0.717, 1.165) is 25.2 Å². The van der Waals surface area contributed by atoms with Gasteiger partial charge in [0.25, 0.3) is 0 Å². The van der Waals surface area contributed by atoms with Crippen LogP contribution in [0, 0.1) is 17.8 Å². The Hall–Kier alpha value is -0.276. The molecule has 0 aliphatic heterocycles. The van der Waals surface area contributed by atoms with Gasteiger partial charge in [-0.2, -0.15) is 0 Å². The molecule has 5 atom stereocenters. The third kappa shape index (κ3) is 6.73. The van der Waals surface area contributed by atoms with Crippen molar-refractivity contribution >= 4 is 22.4 Å². The van der Waals surface area contributed by atoms with Gasteiger partial charge >= 0.3 is 0 Å². The number of fused-ring (bicyclic) bond motifs is 1. The fourth-order valence-electron chi connectivity index (χ4n) is 6.24. The lowest BCUT2D eigenvalue weighted by Gasteiger charge is -2.56. The molecule has 0 N–H and O–H groups in total. The number of hydrogen-bond acceptors (Lipinski definition) is 4. The second-order valence-corrected chi connectivity index (χ2v) is 24.9. The smallest absolute Gasteiger partial charge is 0.192 e. The molecule has 0 saturated heterocycles. The molecule has 6 heteroatoms. The van der Waals surface area contributed by atoms with E-state index < -0.39 is 22.2 Å². The second kappa shape index (κ2) is 11.3. The van der Waals surface area contributed by atoms with Gasteiger partial charge in [-0.15, -0.1) is 0 Å². The molecule has 4 nitrogen and oxygen atoms in total. The van der Waals surface area contributed by atoms with Crippen LogP contribution >= 0.6 is 0 Å². The Morgan fingerprint density at radius 3 is 2.05 bits per heavy atom. The lowest BCUT2D eigenvalue weighted by molar-refractivity contribution is -0.190. The van der Waals surface area contributed by atoms with Gasteiger partial charge in [0.15, 0.2) is 22.4 Å². The third-order valence-electron chi connectivity index (χ3n) is 10.9. The van der Waals surface area contributed by atoms with Crippen molar-refractivity contribution in [2.75, 3.05) is 7.11 Å². The second-order valence-electron chi connectivity index (χ2n) is 15.4. The van der Waals surface area contributed by atoms with E-state index in [4.69, 9.17) is 13.6 Å². The number of Topliss-reactive ketones (excluding diaryl/α,β-unsaturated/α-hetero) is 1. The number of ketones is 1. The highest BCUT2D eigenvalue weighted by Gasteiger charge is 2.62. The van der Waals surface area contributed by atoms with Gasteiger partial charge in [0, 0.05) is 25.4 Å². The van der Waals surface area contributed by atoms with Crippen LogP contribution < -0.4 is 0 Å². The van der Waals surface area contributed by atoms with E-state index in [-0.39, 0.29) is 39.9 Å². The number of rotatable bonds is 9. The predicted molar refractivity (Wildman–Crippen MR) is 160 cm³/mol. The van der Waals surface area contributed by atoms with Crippen molar-refractivity contribution in [1.29, 1.82) is 0 Å². The van der Waals surface area contributed by atoms with Crippen LogP contribution in [0.3, 0.4) is 0 Å². The molecule has 0 spiro atoms. The number of carbonyl (C=O) groups is 1. The summed E-state index contributed by atoms with van der Waals surface area (Å²) >= 11 is 0. The van der Waals surface area contributed by atoms with Crippen LogP contribution in [-0.2, 0) is 18.4 Å². The molecule has 3 aliphatic carbocycles. The zero-order valence-electron chi connectivity index (χ0n) is 26.0. The van der Waals surface area contributed by atoms with E-state index in [2.05, 4.69) is 79.9 Å². The number of hydrogen-bond donors (Lipinski definition) is 0. The summed E-state index contributed by atoms with van der Waals surface area (Å²) in [5, 5.41) is 0.331. The van der Waals surface area contributed by atoms with Crippen LogP contribution in [0.1, 0.15) is 99.3 Å². The minimum Gasteiger partial charge on any atom is -0.413 e. The first-order valence-electron chi connectivity index (χ1n) is 15.1. The molecule has 3 aliphatic rings. The summed E-state index contributed by atoms with van der Waals surface area (Å²) < 4.78 is 20.1.